The maximum absolute atomic E-state index is 10.9. The van der Waals surface area contributed by atoms with Crippen molar-refractivity contribution in [1.82, 2.24) is 4.90 Å². The highest BCUT2D eigenvalue weighted by molar-refractivity contribution is 5.43. The first-order valence-electron chi connectivity index (χ1n) is 7.16. The first-order chi connectivity index (χ1) is 9.93. The van der Waals surface area contributed by atoms with Crippen molar-refractivity contribution in [2.75, 3.05) is 20.7 Å². The van der Waals surface area contributed by atoms with Gasteiger partial charge in [-0.1, -0.05) is 12.8 Å². The van der Waals surface area contributed by atoms with Crippen LogP contribution in [0.1, 0.15) is 31.2 Å². The van der Waals surface area contributed by atoms with Gasteiger partial charge in [-0.3, -0.25) is 15.0 Å². The van der Waals surface area contributed by atoms with Gasteiger partial charge in [0, 0.05) is 30.8 Å². The lowest BCUT2D eigenvalue weighted by atomic mass is 10.0. The first kappa shape index (κ1) is 15.7. The number of likely N-dealkylation sites (N-methyl/N-ethyl adjacent to an activating group) is 1. The van der Waals surface area contributed by atoms with Gasteiger partial charge in [-0.15, -0.1) is 0 Å². The Hall–Kier alpha value is -1.66. The van der Waals surface area contributed by atoms with Crippen LogP contribution in [0, 0.1) is 10.1 Å². The molecular weight excluding hydrogens is 272 g/mol. The normalized spacial score (nSPS) is 17.1. The summed E-state index contributed by atoms with van der Waals surface area (Å²) in [7, 11) is 3.46. The second-order valence-electron chi connectivity index (χ2n) is 5.86. The molecule has 2 rings (SSSR count). The standard InChI is InChI=1S/C15H22N2O4/c1-16(11-15(18)7-3-4-8-15)10-12-9-13(17(19)20)5-6-14(12)21-2/h5-6,9,18H,3-4,7-8,10-11H2,1-2H3. The summed E-state index contributed by atoms with van der Waals surface area (Å²) in [5.74, 6) is 0.630. The minimum Gasteiger partial charge on any atom is -0.496 e. The molecule has 0 amide bonds. The average molecular weight is 294 g/mol. The number of ether oxygens (including phenoxy) is 1. The molecule has 1 aliphatic carbocycles. The van der Waals surface area contributed by atoms with Gasteiger partial charge >= 0.3 is 0 Å². The van der Waals surface area contributed by atoms with Crippen molar-refractivity contribution < 1.29 is 14.8 Å². The van der Waals surface area contributed by atoms with Crippen LogP contribution >= 0.6 is 0 Å². The molecule has 0 unspecified atom stereocenters. The number of rotatable bonds is 6. The number of aliphatic hydroxyl groups is 1. The molecule has 116 valence electrons. The van der Waals surface area contributed by atoms with Crippen LogP contribution < -0.4 is 4.74 Å². The highest BCUT2D eigenvalue weighted by atomic mass is 16.6. The summed E-state index contributed by atoms with van der Waals surface area (Å²) in [6.45, 7) is 1.08. The minimum absolute atomic E-state index is 0.0544. The van der Waals surface area contributed by atoms with Crippen molar-refractivity contribution in [1.29, 1.82) is 0 Å². The minimum atomic E-state index is -0.622. The number of hydrogen-bond acceptors (Lipinski definition) is 5. The quantitative estimate of drug-likeness (QED) is 0.644. The molecule has 0 heterocycles. The molecule has 0 saturated heterocycles. The fourth-order valence-corrected chi connectivity index (χ4v) is 3.04. The highest BCUT2D eigenvalue weighted by Gasteiger charge is 2.32. The number of hydrogen-bond donors (Lipinski definition) is 1. The van der Waals surface area contributed by atoms with Crippen LogP contribution in [0.25, 0.3) is 0 Å². The van der Waals surface area contributed by atoms with Crippen LogP contribution in [0.4, 0.5) is 5.69 Å². The molecule has 0 radical (unpaired) electrons. The summed E-state index contributed by atoms with van der Waals surface area (Å²) >= 11 is 0. The van der Waals surface area contributed by atoms with Crippen LogP contribution in [0.3, 0.4) is 0 Å². The van der Waals surface area contributed by atoms with E-state index in [0.29, 0.717) is 18.8 Å². The zero-order valence-corrected chi connectivity index (χ0v) is 12.5. The molecule has 0 bridgehead atoms. The lowest BCUT2D eigenvalue weighted by molar-refractivity contribution is -0.384. The SMILES string of the molecule is COc1ccc([N+](=O)[O-])cc1CN(C)CC1(O)CCCC1. The molecule has 1 N–H and O–H groups in total. The van der Waals surface area contributed by atoms with Crippen LogP contribution in [0.2, 0.25) is 0 Å². The van der Waals surface area contributed by atoms with Crippen molar-refractivity contribution in [3.63, 3.8) is 0 Å². The molecule has 0 spiro atoms. The van der Waals surface area contributed by atoms with E-state index in [2.05, 4.69) is 0 Å². The molecule has 0 atom stereocenters. The first-order valence-corrected chi connectivity index (χ1v) is 7.16. The van der Waals surface area contributed by atoms with Gasteiger partial charge in [-0.2, -0.15) is 0 Å². The van der Waals surface area contributed by atoms with Gasteiger partial charge in [0.25, 0.3) is 5.69 Å². The van der Waals surface area contributed by atoms with Gasteiger partial charge in [0.05, 0.1) is 17.6 Å². The van der Waals surface area contributed by atoms with E-state index >= 15 is 0 Å². The van der Waals surface area contributed by atoms with E-state index in [0.717, 1.165) is 31.2 Å². The lowest BCUT2D eigenvalue weighted by Gasteiger charge is -2.28. The van der Waals surface area contributed by atoms with E-state index in [-0.39, 0.29) is 5.69 Å². The molecule has 6 heteroatoms. The number of methoxy groups -OCH3 is 1. The second-order valence-corrected chi connectivity index (χ2v) is 5.86. The Kier molecular flexibility index (Phi) is 4.80. The summed E-state index contributed by atoms with van der Waals surface area (Å²) in [5.41, 5.74) is 0.192. The number of nitrogens with zero attached hydrogens (tertiary/aromatic N) is 2. The number of benzene rings is 1. The van der Waals surface area contributed by atoms with E-state index < -0.39 is 10.5 Å². The monoisotopic (exact) mass is 294 g/mol. The Morgan fingerprint density at radius 2 is 2.10 bits per heavy atom. The number of nitro benzene ring substituents is 1. The second kappa shape index (κ2) is 6.41. The van der Waals surface area contributed by atoms with E-state index in [1.54, 1.807) is 13.2 Å². The summed E-state index contributed by atoms with van der Waals surface area (Å²) in [6.07, 6.45) is 3.77. The predicted octanol–water partition coefficient (Wildman–Crippen LogP) is 2.34. The Bertz CT molecular complexity index is 512. The molecule has 1 aromatic carbocycles. The maximum atomic E-state index is 10.9. The van der Waals surface area contributed by atoms with Crippen LogP contribution in [-0.2, 0) is 6.54 Å². The Morgan fingerprint density at radius 1 is 1.43 bits per heavy atom. The summed E-state index contributed by atoms with van der Waals surface area (Å²) in [5, 5.41) is 21.3. The van der Waals surface area contributed by atoms with Gasteiger partial charge in [0.15, 0.2) is 0 Å². The largest absolute Gasteiger partial charge is 0.496 e. The Morgan fingerprint density at radius 3 is 2.67 bits per heavy atom. The van der Waals surface area contributed by atoms with Gasteiger partial charge in [0.1, 0.15) is 5.75 Å². The lowest BCUT2D eigenvalue weighted by Crippen LogP contribution is -2.38. The van der Waals surface area contributed by atoms with Crippen molar-refractivity contribution in [3.05, 3.63) is 33.9 Å². The molecule has 6 nitrogen and oxygen atoms in total. The Labute approximate surface area is 124 Å². The summed E-state index contributed by atoms with van der Waals surface area (Å²) in [4.78, 5) is 12.5. The molecule has 0 aromatic heterocycles. The van der Waals surface area contributed by atoms with E-state index in [1.807, 2.05) is 11.9 Å². The summed E-state index contributed by atoms with van der Waals surface area (Å²) < 4.78 is 5.26. The third-order valence-electron chi connectivity index (χ3n) is 4.01. The maximum Gasteiger partial charge on any atom is 0.270 e. The highest BCUT2D eigenvalue weighted by Crippen LogP contribution is 2.31. The molecule has 21 heavy (non-hydrogen) atoms. The third kappa shape index (κ3) is 3.92. The molecule has 1 aromatic rings. The van der Waals surface area contributed by atoms with E-state index in [4.69, 9.17) is 4.74 Å². The average Bonchev–Trinajstić information content (AvgIpc) is 2.84. The zero-order chi connectivity index (χ0) is 15.5. The molecule has 0 aliphatic heterocycles. The molecule has 1 saturated carbocycles. The van der Waals surface area contributed by atoms with Gasteiger partial charge in [-0.25, -0.2) is 0 Å². The van der Waals surface area contributed by atoms with Crippen LogP contribution in [-0.4, -0.2) is 41.2 Å². The van der Waals surface area contributed by atoms with E-state index in [9.17, 15) is 15.2 Å². The molecule has 1 aliphatic rings. The summed E-state index contributed by atoms with van der Waals surface area (Å²) in [6, 6.07) is 4.59. The topological polar surface area (TPSA) is 75.8 Å². The smallest absolute Gasteiger partial charge is 0.270 e. The third-order valence-corrected chi connectivity index (χ3v) is 4.01. The van der Waals surface area contributed by atoms with Crippen LogP contribution in [0.5, 0.6) is 5.75 Å². The zero-order valence-electron chi connectivity index (χ0n) is 12.5. The predicted molar refractivity (Wildman–Crippen MR) is 79.4 cm³/mol. The van der Waals surface area contributed by atoms with Crippen molar-refractivity contribution >= 4 is 5.69 Å². The van der Waals surface area contributed by atoms with Crippen molar-refractivity contribution in [2.45, 2.75) is 37.8 Å². The number of nitro groups is 1. The van der Waals surface area contributed by atoms with Gasteiger partial charge < -0.3 is 9.84 Å². The fourth-order valence-electron chi connectivity index (χ4n) is 3.04. The van der Waals surface area contributed by atoms with Crippen molar-refractivity contribution in [2.24, 2.45) is 0 Å². The van der Waals surface area contributed by atoms with E-state index in [1.165, 1.54) is 12.1 Å². The Balaban J connectivity index is 2.10. The molecular formula is C15H22N2O4. The van der Waals surface area contributed by atoms with Gasteiger partial charge in [0.2, 0.25) is 0 Å². The van der Waals surface area contributed by atoms with Crippen LogP contribution in [0.15, 0.2) is 18.2 Å². The fraction of sp³-hybridized carbons (Fsp3) is 0.600. The molecule has 1 fully saturated rings. The van der Waals surface area contributed by atoms with Gasteiger partial charge in [-0.05, 0) is 26.0 Å². The van der Waals surface area contributed by atoms with Crippen molar-refractivity contribution in [3.8, 4) is 5.75 Å². The number of non-ortho nitro benzene ring substituents is 1.